The van der Waals surface area contributed by atoms with Gasteiger partial charge in [-0.15, -0.1) is 0 Å². The molecule has 31 heavy (non-hydrogen) atoms. The first-order valence-electron chi connectivity index (χ1n) is 10.7. The second-order valence-electron chi connectivity index (χ2n) is 8.27. The summed E-state index contributed by atoms with van der Waals surface area (Å²) in [6, 6.07) is 14.9. The van der Waals surface area contributed by atoms with E-state index in [1.165, 1.54) is 22.0 Å². The molecule has 2 heterocycles. The van der Waals surface area contributed by atoms with Gasteiger partial charge in [-0.3, -0.25) is 4.79 Å². The molecule has 5 nitrogen and oxygen atoms in total. The van der Waals surface area contributed by atoms with Gasteiger partial charge in [0.15, 0.2) is 0 Å². The van der Waals surface area contributed by atoms with Gasteiger partial charge >= 0.3 is 0 Å². The average molecular weight is 481 g/mol. The molecule has 2 aliphatic heterocycles. The molecular weight excluding hydrogens is 455 g/mol. The SMILES string of the molecule is O=C(C1CCN(S(=O)(=O)c2cc(Cl)ccc2Cl)CC1)N1CCCC1Cc1ccccc1. The van der Waals surface area contributed by atoms with Crippen LogP contribution in [0.2, 0.25) is 10.0 Å². The van der Waals surface area contributed by atoms with E-state index in [0.29, 0.717) is 31.0 Å². The molecule has 2 aliphatic rings. The fourth-order valence-corrected chi connectivity index (χ4v) is 6.82. The summed E-state index contributed by atoms with van der Waals surface area (Å²) >= 11 is 12.1. The Morgan fingerprint density at radius 1 is 0.968 bits per heavy atom. The number of rotatable bonds is 5. The van der Waals surface area contributed by atoms with Crippen molar-refractivity contribution in [3.05, 3.63) is 64.1 Å². The topological polar surface area (TPSA) is 57.7 Å². The molecule has 8 heteroatoms. The van der Waals surface area contributed by atoms with Gasteiger partial charge in [0.2, 0.25) is 15.9 Å². The van der Waals surface area contributed by atoms with Crippen molar-refractivity contribution in [2.45, 2.75) is 43.0 Å². The highest BCUT2D eigenvalue weighted by atomic mass is 35.5. The molecule has 1 atom stereocenters. The van der Waals surface area contributed by atoms with Gasteiger partial charge in [-0.05, 0) is 55.9 Å². The molecule has 0 spiro atoms. The first-order valence-corrected chi connectivity index (χ1v) is 12.9. The maximum absolute atomic E-state index is 13.2. The molecule has 2 fully saturated rings. The zero-order valence-electron chi connectivity index (χ0n) is 17.2. The molecule has 1 amide bonds. The number of hydrogen-bond donors (Lipinski definition) is 0. The maximum Gasteiger partial charge on any atom is 0.244 e. The molecule has 2 aromatic rings. The second-order valence-corrected chi connectivity index (χ2v) is 11.0. The van der Waals surface area contributed by atoms with Crippen LogP contribution in [0.4, 0.5) is 0 Å². The van der Waals surface area contributed by atoms with Crippen LogP contribution in [0, 0.1) is 5.92 Å². The molecular formula is C23H26Cl2N2O3S. The molecule has 2 aromatic carbocycles. The number of amides is 1. The molecule has 4 rings (SSSR count). The molecule has 166 valence electrons. The van der Waals surface area contributed by atoms with Crippen LogP contribution in [-0.2, 0) is 21.2 Å². The van der Waals surface area contributed by atoms with Crippen molar-refractivity contribution in [1.82, 2.24) is 9.21 Å². The lowest BCUT2D eigenvalue weighted by atomic mass is 9.95. The highest BCUT2D eigenvalue weighted by Gasteiger charge is 2.37. The fraction of sp³-hybridized carbons (Fsp3) is 0.435. The summed E-state index contributed by atoms with van der Waals surface area (Å²) in [5.74, 6) is 0.0222. The lowest BCUT2D eigenvalue weighted by Crippen LogP contribution is -2.46. The van der Waals surface area contributed by atoms with Crippen LogP contribution in [0.15, 0.2) is 53.4 Å². The van der Waals surface area contributed by atoms with Crippen LogP contribution in [-0.4, -0.2) is 49.2 Å². The summed E-state index contributed by atoms with van der Waals surface area (Å²) in [5.41, 5.74) is 1.24. The van der Waals surface area contributed by atoms with Crippen LogP contribution in [0.1, 0.15) is 31.2 Å². The normalized spacial score (nSPS) is 20.8. The summed E-state index contributed by atoms with van der Waals surface area (Å²) in [6.45, 7) is 1.39. The third-order valence-electron chi connectivity index (χ3n) is 6.29. The number of carbonyl (C=O) groups is 1. The molecule has 0 aromatic heterocycles. The smallest absolute Gasteiger partial charge is 0.244 e. The molecule has 0 bridgehead atoms. The first kappa shape index (κ1) is 22.6. The van der Waals surface area contributed by atoms with E-state index in [4.69, 9.17) is 23.2 Å². The van der Waals surface area contributed by atoms with E-state index >= 15 is 0 Å². The van der Waals surface area contributed by atoms with E-state index in [1.54, 1.807) is 6.07 Å². The van der Waals surface area contributed by atoms with Crippen LogP contribution in [0.5, 0.6) is 0 Å². The number of hydrogen-bond acceptors (Lipinski definition) is 3. The van der Waals surface area contributed by atoms with E-state index in [0.717, 1.165) is 25.8 Å². The maximum atomic E-state index is 13.2. The summed E-state index contributed by atoms with van der Waals surface area (Å²) in [7, 11) is -3.74. The molecule has 0 N–H and O–H groups in total. The second kappa shape index (κ2) is 9.49. The van der Waals surface area contributed by atoms with Crippen LogP contribution in [0.3, 0.4) is 0 Å². The minimum atomic E-state index is -3.74. The van der Waals surface area contributed by atoms with E-state index < -0.39 is 10.0 Å². The number of halogens is 2. The Morgan fingerprint density at radius 3 is 2.39 bits per heavy atom. The Hall–Kier alpha value is -1.60. The summed E-state index contributed by atoms with van der Waals surface area (Å²) in [4.78, 5) is 15.3. The Morgan fingerprint density at radius 2 is 1.68 bits per heavy atom. The Kier molecular flexibility index (Phi) is 6.92. The zero-order valence-corrected chi connectivity index (χ0v) is 19.5. The highest BCUT2D eigenvalue weighted by molar-refractivity contribution is 7.89. The third kappa shape index (κ3) is 4.92. The van der Waals surface area contributed by atoms with Crippen molar-refractivity contribution in [2.24, 2.45) is 5.92 Å². The van der Waals surface area contributed by atoms with Gasteiger partial charge in [-0.25, -0.2) is 8.42 Å². The molecule has 2 saturated heterocycles. The van der Waals surface area contributed by atoms with Crippen molar-refractivity contribution in [3.63, 3.8) is 0 Å². The number of likely N-dealkylation sites (tertiary alicyclic amines) is 1. The minimum absolute atomic E-state index is 0.0221. The standard InChI is InChI=1S/C23H26Cl2N2O3S/c24-19-8-9-21(25)22(16-19)31(29,30)26-13-10-18(11-14-26)23(28)27-12-4-7-20(27)15-17-5-2-1-3-6-17/h1-3,5-6,8-9,16,18,20H,4,7,10-15H2. The number of sulfonamides is 1. The van der Waals surface area contributed by atoms with Gasteiger partial charge in [0.05, 0.1) is 5.02 Å². The number of carbonyl (C=O) groups excluding carboxylic acids is 1. The first-order chi connectivity index (χ1) is 14.9. The highest BCUT2D eigenvalue weighted by Crippen LogP contribution is 2.32. The van der Waals surface area contributed by atoms with Gasteiger partial charge in [-0.1, -0.05) is 53.5 Å². The van der Waals surface area contributed by atoms with Crippen molar-refractivity contribution < 1.29 is 13.2 Å². The molecule has 0 radical (unpaired) electrons. The Balaban J connectivity index is 1.40. The minimum Gasteiger partial charge on any atom is -0.339 e. The predicted molar refractivity (Wildman–Crippen MR) is 123 cm³/mol. The quantitative estimate of drug-likeness (QED) is 0.626. The average Bonchev–Trinajstić information content (AvgIpc) is 3.23. The summed E-state index contributed by atoms with van der Waals surface area (Å²) in [5, 5.41) is 0.481. The van der Waals surface area contributed by atoms with E-state index in [1.807, 2.05) is 23.1 Å². The van der Waals surface area contributed by atoms with E-state index in [9.17, 15) is 13.2 Å². The van der Waals surface area contributed by atoms with Gasteiger partial charge in [0.1, 0.15) is 4.90 Å². The van der Waals surface area contributed by atoms with Gasteiger partial charge in [-0.2, -0.15) is 4.31 Å². The summed E-state index contributed by atoms with van der Waals surface area (Å²) in [6.07, 6.45) is 3.94. The Labute approximate surface area is 194 Å². The van der Waals surface area contributed by atoms with Gasteiger partial charge in [0.25, 0.3) is 0 Å². The van der Waals surface area contributed by atoms with Crippen LogP contribution < -0.4 is 0 Å². The van der Waals surface area contributed by atoms with Crippen LogP contribution >= 0.6 is 23.2 Å². The lowest BCUT2D eigenvalue weighted by Gasteiger charge is -2.34. The van der Waals surface area contributed by atoms with Crippen molar-refractivity contribution in [3.8, 4) is 0 Å². The molecule has 0 aliphatic carbocycles. The third-order valence-corrected chi connectivity index (χ3v) is 8.90. The van der Waals surface area contributed by atoms with Crippen molar-refractivity contribution in [1.29, 1.82) is 0 Å². The van der Waals surface area contributed by atoms with Gasteiger partial charge in [0, 0.05) is 36.6 Å². The van der Waals surface area contributed by atoms with E-state index in [2.05, 4.69) is 12.1 Å². The molecule has 1 unspecified atom stereocenters. The zero-order chi connectivity index (χ0) is 22.0. The predicted octanol–water partition coefficient (Wildman–Crippen LogP) is 4.63. The number of piperidine rings is 1. The van der Waals surface area contributed by atoms with Crippen LogP contribution in [0.25, 0.3) is 0 Å². The Bertz CT molecular complexity index is 1040. The van der Waals surface area contributed by atoms with Gasteiger partial charge < -0.3 is 4.90 Å². The largest absolute Gasteiger partial charge is 0.339 e. The molecule has 0 saturated carbocycles. The van der Waals surface area contributed by atoms with E-state index in [-0.39, 0.29) is 27.8 Å². The number of benzene rings is 2. The summed E-state index contributed by atoms with van der Waals surface area (Å²) < 4.78 is 27.5. The monoisotopic (exact) mass is 480 g/mol. The fourth-order valence-electron chi connectivity index (χ4n) is 4.62. The number of nitrogens with zero attached hydrogens (tertiary/aromatic N) is 2. The van der Waals surface area contributed by atoms with Crippen molar-refractivity contribution in [2.75, 3.05) is 19.6 Å². The van der Waals surface area contributed by atoms with Crippen molar-refractivity contribution >= 4 is 39.1 Å². The lowest BCUT2D eigenvalue weighted by molar-refractivity contribution is -0.137.